The Kier molecular flexibility index (Phi) is 3.60. The standard InChI is InChI=1S/C14H16FN3O3/c1-20-11-7-9(3-4-10(11)15)12-17-13(21-18-12)14(19)5-2-6-16-8-14/h3-4,7,16,19H,2,5-6,8H2,1H3. The Morgan fingerprint density at radius 2 is 2.33 bits per heavy atom. The second-order valence-electron chi connectivity index (χ2n) is 5.08. The molecule has 1 aliphatic heterocycles. The van der Waals surface area contributed by atoms with E-state index in [9.17, 15) is 9.50 Å². The third kappa shape index (κ3) is 2.62. The van der Waals surface area contributed by atoms with E-state index in [0.29, 0.717) is 24.4 Å². The molecule has 0 radical (unpaired) electrons. The molecule has 2 aromatic rings. The van der Waals surface area contributed by atoms with Crippen LogP contribution in [0.1, 0.15) is 18.7 Å². The van der Waals surface area contributed by atoms with Gasteiger partial charge in [-0.3, -0.25) is 0 Å². The Balaban J connectivity index is 1.91. The van der Waals surface area contributed by atoms with Crippen LogP contribution in [-0.4, -0.2) is 35.4 Å². The van der Waals surface area contributed by atoms with Gasteiger partial charge >= 0.3 is 0 Å². The third-order valence-electron chi connectivity index (χ3n) is 3.59. The summed E-state index contributed by atoms with van der Waals surface area (Å²) in [7, 11) is 1.39. The molecule has 21 heavy (non-hydrogen) atoms. The number of halogens is 1. The molecule has 1 atom stereocenters. The predicted octanol–water partition coefficient (Wildman–Crippen LogP) is 1.46. The van der Waals surface area contributed by atoms with E-state index in [2.05, 4.69) is 15.5 Å². The molecule has 6 nitrogen and oxygen atoms in total. The number of nitrogens with zero attached hydrogens (tertiary/aromatic N) is 2. The van der Waals surface area contributed by atoms with Gasteiger partial charge in [-0.2, -0.15) is 4.98 Å². The maximum Gasteiger partial charge on any atom is 0.260 e. The fourth-order valence-electron chi connectivity index (χ4n) is 2.40. The Labute approximate surface area is 120 Å². The van der Waals surface area contributed by atoms with Gasteiger partial charge in [-0.05, 0) is 37.6 Å². The van der Waals surface area contributed by atoms with E-state index >= 15 is 0 Å². The number of nitrogens with one attached hydrogen (secondary N) is 1. The average Bonchev–Trinajstić information content (AvgIpc) is 2.99. The van der Waals surface area contributed by atoms with Crippen molar-refractivity contribution >= 4 is 0 Å². The lowest BCUT2D eigenvalue weighted by Crippen LogP contribution is -2.43. The van der Waals surface area contributed by atoms with Crippen LogP contribution in [0.5, 0.6) is 5.75 Å². The largest absolute Gasteiger partial charge is 0.494 e. The zero-order valence-corrected chi connectivity index (χ0v) is 11.6. The van der Waals surface area contributed by atoms with Gasteiger partial charge in [-0.25, -0.2) is 4.39 Å². The molecular weight excluding hydrogens is 277 g/mol. The third-order valence-corrected chi connectivity index (χ3v) is 3.59. The number of aliphatic hydroxyl groups is 1. The molecule has 0 bridgehead atoms. The Morgan fingerprint density at radius 3 is 3.05 bits per heavy atom. The van der Waals surface area contributed by atoms with Crippen LogP contribution in [0.15, 0.2) is 22.7 Å². The molecule has 2 N–H and O–H groups in total. The topological polar surface area (TPSA) is 80.4 Å². The summed E-state index contributed by atoms with van der Waals surface area (Å²) < 4.78 is 23.5. The maximum atomic E-state index is 13.4. The van der Waals surface area contributed by atoms with Crippen molar-refractivity contribution in [3.8, 4) is 17.1 Å². The lowest BCUT2D eigenvalue weighted by Gasteiger charge is -2.28. The minimum atomic E-state index is -1.15. The number of methoxy groups -OCH3 is 1. The highest BCUT2D eigenvalue weighted by atomic mass is 19.1. The van der Waals surface area contributed by atoms with E-state index in [1.807, 2.05) is 0 Å². The molecule has 1 aromatic heterocycles. The number of benzene rings is 1. The Bertz CT molecular complexity index is 638. The smallest absolute Gasteiger partial charge is 0.260 e. The molecule has 1 aliphatic rings. The lowest BCUT2D eigenvalue weighted by atomic mass is 9.94. The number of hydrogen-bond donors (Lipinski definition) is 2. The van der Waals surface area contributed by atoms with Crippen LogP contribution in [0, 0.1) is 5.82 Å². The highest BCUT2D eigenvalue weighted by Gasteiger charge is 2.37. The first-order valence-electron chi connectivity index (χ1n) is 6.73. The number of ether oxygens (including phenoxy) is 1. The Hall–Kier alpha value is -1.99. The van der Waals surface area contributed by atoms with Crippen LogP contribution in [0.25, 0.3) is 11.4 Å². The quantitative estimate of drug-likeness (QED) is 0.891. The first-order chi connectivity index (χ1) is 10.1. The fourth-order valence-corrected chi connectivity index (χ4v) is 2.40. The van der Waals surface area contributed by atoms with Crippen LogP contribution >= 0.6 is 0 Å². The lowest BCUT2D eigenvalue weighted by molar-refractivity contribution is -0.0167. The first kappa shape index (κ1) is 14.0. The van der Waals surface area contributed by atoms with Crippen molar-refractivity contribution in [2.75, 3.05) is 20.2 Å². The molecule has 0 amide bonds. The molecule has 2 heterocycles. The highest BCUT2D eigenvalue weighted by molar-refractivity contribution is 5.57. The van der Waals surface area contributed by atoms with Gasteiger partial charge in [0.2, 0.25) is 5.82 Å². The van der Waals surface area contributed by atoms with Crippen molar-refractivity contribution in [3.63, 3.8) is 0 Å². The first-order valence-corrected chi connectivity index (χ1v) is 6.73. The van der Waals surface area contributed by atoms with Gasteiger partial charge < -0.3 is 19.7 Å². The van der Waals surface area contributed by atoms with Crippen LogP contribution in [0.3, 0.4) is 0 Å². The van der Waals surface area contributed by atoms with Crippen molar-refractivity contribution in [2.24, 2.45) is 0 Å². The van der Waals surface area contributed by atoms with Crippen molar-refractivity contribution in [1.82, 2.24) is 15.5 Å². The molecule has 1 unspecified atom stereocenters. The molecule has 0 spiro atoms. The van der Waals surface area contributed by atoms with Crippen molar-refractivity contribution in [3.05, 3.63) is 29.9 Å². The monoisotopic (exact) mass is 293 g/mol. The summed E-state index contributed by atoms with van der Waals surface area (Å²) in [5.41, 5.74) is -0.580. The molecule has 7 heteroatoms. The molecule has 112 valence electrons. The minimum absolute atomic E-state index is 0.108. The van der Waals surface area contributed by atoms with Crippen molar-refractivity contribution < 1.29 is 18.8 Å². The van der Waals surface area contributed by atoms with Crippen LogP contribution in [-0.2, 0) is 5.60 Å². The fraction of sp³-hybridized carbons (Fsp3) is 0.429. The van der Waals surface area contributed by atoms with E-state index in [0.717, 1.165) is 13.0 Å². The zero-order chi connectivity index (χ0) is 14.9. The van der Waals surface area contributed by atoms with E-state index in [-0.39, 0.29) is 11.6 Å². The number of piperidine rings is 1. The minimum Gasteiger partial charge on any atom is -0.494 e. The summed E-state index contributed by atoms with van der Waals surface area (Å²) in [6, 6.07) is 4.31. The van der Waals surface area contributed by atoms with Gasteiger partial charge in [-0.15, -0.1) is 0 Å². The molecule has 1 saturated heterocycles. The maximum absolute atomic E-state index is 13.4. The van der Waals surface area contributed by atoms with E-state index < -0.39 is 11.4 Å². The molecular formula is C14H16FN3O3. The van der Waals surface area contributed by atoms with Gasteiger partial charge in [0.05, 0.1) is 7.11 Å². The van der Waals surface area contributed by atoms with E-state index in [1.165, 1.54) is 25.3 Å². The Morgan fingerprint density at radius 1 is 1.48 bits per heavy atom. The molecule has 1 fully saturated rings. The average molecular weight is 293 g/mol. The molecule has 0 saturated carbocycles. The van der Waals surface area contributed by atoms with Gasteiger partial charge in [0.25, 0.3) is 5.89 Å². The second-order valence-corrected chi connectivity index (χ2v) is 5.08. The number of hydrogen-bond acceptors (Lipinski definition) is 6. The summed E-state index contributed by atoms with van der Waals surface area (Å²) in [5.74, 6) is 0.118. The highest BCUT2D eigenvalue weighted by Crippen LogP contribution is 2.30. The van der Waals surface area contributed by atoms with Gasteiger partial charge in [0.15, 0.2) is 17.2 Å². The SMILES string of the molecule is COc1cc(-c2noc(C3(O)CCCNC3)n2)ccc1F. The summed E-state index contributed by atoms with van der Waals surface area (Å²) >= 11 is 0. The molecule has 0 aliphatic carbocycles. The summed E-state index contributed by atoms with van der Waals surface area (Å²) in [6.07, 6.45) is 1.40. The van der Waals surface area contributed by atoms with Crippen LogP contribution in [0.2, 0.25) is 0 Å². The molecule has 3 rings (SSSR count). The summed E-state index contributed by atoms with van der Waals surface area (Å²) in [5, 5.41) is 17.5. The van der Waals surface area contributed by atoms with Crippen molar-refractivity contribution in [2.45, 2.75) is 18.4 Å². The van der Waals surface area contributed by atoms with E-state index in [1.54, 1.807) is 0 Å². The summed E-state index contributed by atoms with van der Waals surface area (Å²) in [4.78, 5) is 4.24. The van der Waals surface area contributed by atoms with Crippen LogP contribution in [0.4, 0.5) is 4.39 Å². The predicted molar refractivity (Wildman–Crippen MR) is 72.2 cm³/mol. The number of aromatic nitrogens is 2. The van der Waals surface area contributed by atoms with Gasteiger partial charge in [0.1, 0.15) is 0 Å². The van der Waals surface area contributed by atoms with Gasteiger partial charge in [0, 0.05) is 12.1 Å². The van der Waals surface area contributed by atoms with Gasteiger partial charge in [-0.1, -0.05) is 5.16 Å². The van der Waals surface area contributed by atoms with Crippen molar-refractivity contribution in [1.29, 1.82) is 0 Å². The second kappa shape index (κ2) is 5.42. The van der Waals surface area contributed by atoms with Crippen LogP contribution < -0.4 is 10.1 Å². The molecule has 1 aromatic carbocycles. The number of rotatable bonds is 3. The number of β-amino-alcohol motifs (C(OH)–C–C–N with tert-alkyl or cyclic N) is 1. The normalized spacial score (nSPS) is 22.2. The van der Waals surface area contributed by atoms with E-state index in [4.69, 9.17) is 9.26 Å². The zero-order valence-electron chi connectivity index (χ0n) is 11.6. The summed E-state index contributed by atoms with van der Waals surface area (Å²) in [6.45, 7) is 1.24.